The lowest BCUT2D eigenvalue weighted by atomic mass is 9.94. The fourth-order valence-electron chi connectivity index (χ4n) is 3.37. The molecule has 0 fully saturated rings. The lowest BCUT2D eigenvalue weighted by Gasteiger charge is -2.17. The van der Waals surface area contributed by atoms with E-state index in [0.29, 0.717) is 5.75 Å². The molecule has 27 heavy (non-hydrogen) atoms. The first-order valence-electron chi connectivity index (χ1n) is 9.92. The molecule has 3 aromatic rings. The molecule has 0 bridgehead atoms. The number of aryl methyl sites for hydroxylation is 1. The Morgan fingerprint density at radius 2 is 1.41 bits per heavy atom. The summed E-state index contributed by atoms with van der Waals surface area (Å²) in [5.41, 5.74) is 3.29. The molecule has 0 amide bonds. The van der Waals surface area contributed by atoms with Crippen LogP contribution in [0.4, 0.5) is 0 Å². The topological polar surface area (TPSA) is 29.5 Å². The molecule has 0 saturated heterocycles. The monoisotopic (exact) mass is 360 g/mol. The molecule has 0 aliphatic rings. The first kappa shape index (κ1) is 19.0. The standard InChI is InChI=1S/C25H28O2/c1-2-3-4-5-8-15-21-18-19-23(26)25(27-22-16-11-7-12-17-22)24(21)20-13-9-6-10-14-20/h6-7,9-14,16-19,26H,2-5,8,15H2,1H3. The van der Waals surface area contributed by atoms with E-state index in [4.69, 9.17) is 4.74 Å². The number of aromatic hydroxyl groups is 1. The molecule has 0 spiro atoms. The van der Waals surface area contributed by atoms with Crippen molar-refractivity contribution >= 4 is 0 Å². The molecule has 2 heteroatoms. The molecule has 2 nitrogen and oxygen atoms in total. The summed E-state index contributed by atoms with van der Waals surface area (Å²) in [5.74, 6) is 1.44. The Labute approximate surface area is 162 Å². The molecule has 0 unspecified atom stereocenters. The predicted molar refractivity (Wildman–Crippen MR) is 113 cm³/mol. The Bertz CT molecular complexity index is 826. The highest BCUT2D eigenvalue weighted by atomic mass is 16.5. The van der Waals surface area contributed by atoms with E-state index >= 15 is 0 Å². The molecule has 140 valence electrons. The van der Waals surface area contributed by atoms with Crippen molar-refractivity contribution in [2.45, 2.75) is 45.4 Å². The molecule has 0 aliphatic carbocycles. The molecule has 0 aromatic heterocycles. The van der Waals surface area contributed by atoms with Crippen LogP contribution in [-0.4, -0.2) is 5.11 Å². The Balaban J connectivity index is 1.94. The zero-order valence-corrected chi connectivity index (χ0v) is 16.0. The lowest BCUT2D eigenvalue weighted by molar-refractivity contribution is 0.412. The fourth-order valence-corrected chi connectivity index (χ4v) is 3.37. The lowest BCUT2D eigenvalue weighted by Crippen LogP contribution is -1.96. The van der Waals surface area contributed by atoms with E-state index in [-0.39, 0.29) is 5.75 Å². The largest absolute Gasteiger partial charge is 0.504 e. The van der Waals surface area contributed by atoms with Crippen LogP contribution in [0, 0.1) is 0 Å². The van der Waals surface area contributed by atoms with Crippen molar-refractivity contribution in [1.82, 2.24) is 0 Å². The third-order valence-corrected chi connectivity index (χ3v) is 4.80. The highest BCUT2D eigenvalue weighted by molar-refractivity contribution is 5.77. The van der Waals surface area contributed by atoms with Crippen LogP contribution in [-0.2, 0) is 6.42 Å². The van der Waals surface area contributed by atoms with Crippen LogP contribution < -0.4 is 4.74 Å². The van der Waals surface area contributed by atoms with Crippen LogP contribution in [0.1, 0.15) is 44.6 Å². The van der Waals surface area contributed by atoms with E-state index in [1.54, 1.807) is 6.07 Å². The average Bonchev–Trinajstić information content (AvgIpc) is 2.71. The van der Waals surface area contributed by atoms with Gasteiger partial charge in [-0.3, -0.25) is 0 Å². The van der Waals surface area contributed by atoms with Crippen LogP contribution in [0.15, 0.2) is 72.8 Å². The van der Waals surface area contributed by atoms with Gasteiger partial charge in [0.2, 0.25) is 0 Å². The summed E-state index contributed by atoms with van der Waals surface area (Å²) in [6.07, 6.45) is 7.20. The maximum absolute atomic E-state index is 10.6. The molecule has 3 rings (SSSR count). The number of unbranched alkanes of at least 4 members (excludes halogenated alkanes) is 4. The highest BCUT2D eigenvalue weighted by Crippen LogP contribution is 2.43. The SMILES string of the molecule is CCCCCCCc1ccc(O)c(Oc2ccccc2)c1-c1ccccc1. The van der Waals surface area contributed by atoms with Gasteiger partial charge in [-0.15, -0.1) is 0 Å². The van der Waals surface area contributed by atoms with E-state index in [1.165, 1.54) is 31.2 Å². The van der Waals surface area contributed by atoms with Crippen LogP contribution in [0.3, 0.4) is 0 Å². The van der Waals surface area contributed by atoms with E-state index in [1.807, 2.05) is 54.6 Å². The van der Waals surface area contributed by atoms with E-state index < -0.39 is 0 Å². The molecule has 0 atom stereocenters. The number of para-hydroxylation sites is 1. The van der Waals surface area contributed by atoms with Gasteiger partial charge in [0.05, 0.1) is 0 Å². The van der Waals surface area contributed by atoms with Gasteiger partial charge in [-0.2, -0.15) is 0 Å². The van der Waals surface area contributed by atoms with E-state index in [9.17, 15) is 5.11 Å². The zero-order chi connectivity index (χ0) is 18.9. The summed E-state index contributed by atoms with van der Waals surface area (Å²) in [6.45, 7) is 2.24. The van der Waals surface area contributed by atoms with Gasteiger partial charge in [-0.25, -0.2) is 0 Å². The molecular weight excluding hydrogens is 332 g/mol. The van der Waals surface area contributed by atoms with Crippen molar-refractivity contribution in [2.75, 3.05) is 0 Å². The van der Waals surface area contributed by atoms with Crippen molar-refractivity contribution < 1.29 is 9.84 Å². The van der Waals surface area contributed by atoms with Gasteiger partial charge >= 0.3 is 0 Å². The second kappa shape index (κ2) is 9.82. The van der Waals surface area contributed by atoms with Gasteiger partial charge in [0.1, 0.15) is 5.75 Å². The molecule has 0 saturated carbocycles. The quantitative estimate of drug-likeness (QED) is 0.404. The number of rotatable bonds is 9. The third-order valence-electron chi connectivity index (χ3n) is 4.80. The van der Waals surface area contributed by atoms with E-state index in [0.717, 1.165) is 29.7 Å². The van der Waals surface area contributed by atoms with Crippen molar-refractivity contribution in [3.8, 4) is 28.4 Å². The van der Waals surface area contributed by atoms with E-state index in [2.05, 4.69) is 19.1 Å². The summed E-state index contributed by atoms with van der Waals surface area (Å²) < 4.78 is 6.13. The Hall–Kier alpha value is -2.74. The summed E-state index contributed by atoms with van der Waals surface area (Å²) in [7, 11) is 0. The van der Waals surface area contributed by atoms with Crippen molar-refractivity contribution in [3.63, 3.8) is 0 Å². The Morgan fingerprint density at radius 3 is 2.11 bits per heavy atom. The molecule has 0 heterocycles. The fraction of sp³-hybridized carbons (Fsp3) is 0.280. The summed E-state index contributed by atoms with van der Waals surface area (Å²) in [5, 5.41) is 10.6. The van der Waals surface area contributed by atoms with Gasteiger partial charge in [0.25, 0.3) is 0 Å². The summed E-state index contributed by atoms with van der Waals surface area (Å²) in [4.78, 5) is 0. The smallest absolute Gasteiger partial charge is 0.177 e. The van der Waals surface area contributed by atoms with Crippen LogP contribution in [0.25, 0.3) is 11.1 Å². The van der Waals surface area contributed by atoms with Gasteiger partial charge in [0, 0.05) is 5.56 Å². The maximum atomic E-state index is 10.6. The molecule has 0 radical (unpaired) electrons. The van der Waals surface area contributed by atoms with Crippen molar-refractivity contribution in [3.05, 3.63) is 78.4 Å². The number of phenols is 1. The zero-order valence-electron chi connectivity index (χ0n) is 16.0. The van der Waals surface area contributed by atoms with Crippen molar-refractivity contribution in [2.24, 2.45) is 0 Å². The highest BCUT2D eigenvalue weighted by Gasteiger charge is 2.17. The molecule has 0 aliphatic heterocycles. The van der Waals surface area contributed by atoms with Crippen LogP contribution in [0.5, 0.6) is 17.2 Å². The molecular formula is C25H28O2. The summed E-state index contributed by atoms with van der Waals surface area (Å²) in [6, 6.07) is 23.6. The minimum Gasteiger partial charge on any atom is -0.504 e. The van der Waals surface area contributed by atoms with Gasteiger partial charge in [-0.1, -0.05) is 87.2 Å². The predicted octanol–water partition coefficient (Wildman–Crippen LogP) is 7.36. The number of benzene rings is 3. The minimum absolute atomic E-state index is 0.174. The number of hydrogen-bond donors (Lipinski definition) is 1. The second-order valence-corrected chi connectivity index (χ2v) is 6.89. The Kier molecular flexibility index (Phi) is 6.92. The molecule has 1 N–H and O–H groups in total. The third kappa shape index (κ3) is 5.13. The Morgan fingerprint density at radius 1 is 0.741 bits per heavy atom. The number of hydrogen-bond acceptors (Lipinski definition) is 2. The number of ether oxygens (including phenoxy) is 1. The molecule has 3 aromatic carbocycles. The maximum Gasteiger partial charge on any atom is 0.177 e. The van der Waals surface area contributed by atoms with Gasteiger partial charge in [-0.05, 0) is 42.2 Å². The van der Waals surface area contributed by atoms with Crippen molar-refractivity contribution in [1.29, 1.82) is 0 Å². The minimum atomic E-state index is 0.174. The summed E-state index contributed by atoms with van der Waals surface area (Å²) >= 11 is 0. The first-order valence-corrected chi connectivity index (χ1v) is 9.92. The average molecular weight is 360 g/mol. The number of phenolic OH excluding ortho intramolecular Hbond substituents is 1. The second-order valence-electron chi connectivity index (χ2n) is 6.89. The normalized spacial score (nSPS) is 10.7. The van der Waals surface area contributed by atoms with Crippen LogP contribution in [0.2, 0.25) is 0 Å². The van der Waals surface area contributed by atoms with Crippen LogP contribution >= 0.6 is 0 Å². The van der Waals surface area contributed by atoms with Gasteiger partial charge < -0.3 is 9.84 Å². The van der Waals surface area contributed by atoms with Gasteiger partial charge in [0.15, 0.2) is 11.5 Å². The first-order chi connectivity index (χ1) is 13.3.